The number of carbonyl (C=O) groups is 1. The van der Waals surface area contributed by atoms with Crippen molar-refractivity contribution in [2.75, 3.05) is 6.54 Å². The van der Waals surface area contributed by atoms with Crippen molar-refractivity contribution >= 4 is 5.97 Å². The lowest BCUT2D eigenvalue weighted by Gasteiger charge is -2.15. The molecule has 0 aromatic rings. The Hall–Kier alpha value is -0.830. The molecule has 0 aromatic heterocycles. The minimum Gasteiger partial charge on any atom is -0.459 e. The van der Waals surface area contributed by atoms with E-state index in [0.29, 0.717) is 6.54 Å². The SMILES string of the molecule is C=CC(=O)OC(CCN)CCCCC. The van der Waals surface area contributed by atoms with E-state index < -0.39 is 0 Å². The number of carbonyl (C=O) groups excluding carboxylic acids is 1. The van der Waals surface area contributed by atoms with Crippen LogP contribution in [0.25, 0.3) is 0 Å². The molecule has 1 atom stereocenters. The maximum atomic E-state index is 10.9. The average Bonchev–Trinajstić information content (AvgIpc) is 2.18. The summed E-state index contributed by atoms with van der Waals surface area (Å²) in [4.78, 5) is 10.9. The van der Waals surface area contributed by atoms with Gasteiger partial charge in [-0.1, -0.05) is 26.3 Å². The minimum absolute atomic E-state index is 0.0305. The molecule has 3 heteroatoms. The second-order valence-corrected chi connectivity index (χ2v) is 3.34. The fourth-order valence-corrected chi connectivity index (χ4v) is 1.28. The van der Waals surface area contributed by atoms with E-state index >= 15 is 0 Å². The molecule has 0 bridgehead atoms. The van der Waals surface area contributed by atoms with Gasteiger partial charge in [0.25, 0.3) is 0 Å². The maximum Gasteiger partial charge on any atom is 0.330 e. The highest BCUT2D eigenvalue weighted by Crippen LogP contribution is 2.10. The Morgan fingerprint density at radius 2 is 2.21 bits per heavy atom. The summed E-state index contributed by atoms with van der Waals surface area (Å²) >= 11 is 0. The van der Waals surface area contributed by atoms with Crippen molar-refractivity contribution in [2.45, 2.75) is 45.1 Å². The third-order valence-corrected chi connectivity index (χ3v) is 2.07. The van der Waals surface area contributed by atoms with E-state index in [9.17, 15) is 4.79 Å². The van der Waals surface area contributed by atoms with Gasteiger partial charge in [-0.25, -0.2) is 4.79 Å². The van der Waals surface area contributed by atoms with Crippen molar-refractivity contribution in [1.82, 2.24) is 0 Å². The van der Waals surface area contributed by atoms with Gasteiger partial charge in [0.1, 0.15) is 6.10 Å². The van der Waals surface area contributed by atoms with Crippen LogP contribution in [0.4, 0.5) is 0 Å². The number of esters is 1. The highest BCUT2D eigenvalue weighted by molar-refractivity contribution is 5.81. The van der Waals surface area contributed by atoms with E-state index in [1.165, 1.54) is 18.9 Å². The van der Waals surface area contributed by atoms with Crippen LogP contribution in [-0.4, -0.2) is 18.6 Å². The lowest BCUT2D eigenvalue weighted by molar-refractivity contribution is -0.143. The molecular weight excluding hydrogens is 178 g/mol. The smallest absolute Gasteiger partial charge is 0.330 e. The van der Waals surface area contributed by atoms with Gasteiger partial charge in [-0.2, -0.15) is 0 Å². The van der Waals surface area contributed by atoms with Crippen molar-refractivity contribution in [3.63, 3.8) is 0 Å². The second kappa shape index (κ2) is 8.75. The van der Waals surface area contributed by atoms with Crippen molar-refractivity contribution in [1.29, 1.82) is 0 Å². The summed E-state index contributed by atoms with van der Waals surface area (Å²) in [5, 5.41) is 0. The van der Waals surface area contributed by atoms with E-state index in [2.05, 4.69) is 13.5 Å². The first kappa shape index (κ1) is 13.2. The first-order valence-electron chi connectivity index (χ1n) is 5.27. The molecule has 0 saturated heterocycles. The molecule has 3 nitrogen and oxygen atoms in total. The quantitative estimate of drug-likeness (QED) is 0.369. The van der Waals surface area contributed by atoms with Gasteiger partial charge in [0.15, 0.2) is 0 Å². The molecule has 0 aliphatic carbocycles. The van der Waals surface area contributed by atoms with Gasteiger partial charge in [-0.15, -0.1) is 0 Å². The van der Waals surface area contributed by atoms with Gasteiger partial charge in [0, 0.05) is 6.08 Å². The van der Waals surface area contributed by atoms with E-state index in [-0.39, 0.29) is 12.1 Å². The Morgan fingerprint density at radius 1 is 1.50 bits per heavy atom. The standard InChI is InChI=1S/C11H21NO2/c1-3-5-6-7-10(8-9-12)14-11(13)4-2/h4,10H,2-3,5-9,12H2,1H3. The van der Waals surface area contributed by atoms with Crippen LogP contribution in [0.5, 0.6) is 0 Å². The zero-order chi connectivity index (χ0) is 10.8. The molecule has 0 aliphatic rings. The largest absolute Gasteiger partial charge is 0.459 e. The molecular formula is C11H21NO2. The molecule has 82 valence electrons. The number of ether oxygens (including phenoxy) is 1. The van der Waals surface area contributed by atoms with Crippen molar-refractivity contribution in [3.05, 3.63) is 12.7 Å². The lowest BCUT2D eigenvalue weighted by atomic mass is 10.1. The van der Waals surface area contributed by atoms with Crippen LogP contribution in [-0.2, 0) is 9.53 Å². The van der Waals surface area contributed by atoms with Gasteiger partial charge in [0.2, 0.25) is 0 Å². The fraction of sp³-hybridized carbons (Fsp3) is 0.727. The molecule has 2 N–H and O–H groups in total. The highest BCUT2D eigenvalue weighted by atomic mass is 16.5. The molecule has 0 spiro atoms. The Balaban J connectivity index is 3.76. The predicted octanol–water partition coefficient (Wildman–Crippen LogP) is 2.01. The van der Waals surface area contributed by atoms with Crippen LogP contribution in [0.15, 0.2) is 12.7 Å². The van der Waals surface area contributed by atoms with E-state index in [1.807, 2.05) is 0 Å². The normalized spacial score (nSPS) is 12.1. The molecule has 1 unspecified atom stereocenters. The van der Waals surface area contributed by atoms with Gasteiger partial charge in [0.05, 0.1) is 0 Å². The molecule has 0 heterocycles. The number of hydrogen-bond donors (Lipinski definition) is 1. The Labute approximate surface area is 86.3 Å². The summed E-state index contributed by atoms with van der Waals surface area (Å²) in [7, 11) is 0. The molecule has 0 aliphatic heterocycles. The number of unbranched alkanes of at least 4 members (excludes halogenated alkanes) is 2. The van der Waals surface area contributed by atoms with Crippen LogP contribution >= 0.6 is 0 Å². The van der Waals surface area contributed by atoms with Crippen LogP contribution in [0.2, 0.25) is 0 Å². The third kappa shape index (κ3) is 6.66. The summed E-state index contributed by atoms with van der Waals surface area (Å²) in [6, 6.07) is 0. The summed E-state index contributed by atoms with van der Waals surface area (Å²) < 4.78 is 5.15. The predicted molar refractivity (Wildman–Crippen MR) is 57.9 cm³/mol. The third-order valence-electron chi connectivity index (χ3n) is 2.07. The first-order chi connectivity index (χ1) is 6.74. The molecule has 0 amide bonds. The highest BCUT2D eigenvalue weighted by Gasteiger charge is 2.10. The van der Waals surface area contributed by atoms with Crippen molar-refractivity contribution in [2.24, 2.45) is 5.73 Å². The van der Waals surface area contributed by atoms with E-state index in [0.717, 1.165) is 19.3 Å². The molecule has 0 aromatic carbocycles. The van der Waals surface area contributed by atoms with Crippen LogP contribution in [0.1, 0.15) is 39.0 Å². The molecule has 0 saturated carbocycles. The van der Waals surface area contributed by atoms with Gasteiger partial charge < -0.3 is 10.5 Å². The van der Waals surface area contributed by atoms with Gasteiger partial charge in [-0.3, -0.25) is 0 Å². The maximum absolute atomic E-state index is 10.9. The minimum atomic E-state index is -0.347. The fourth-order valence-electron chi connectivity index (χ4n) is 1.28. The van der Waals surface area contributed by atoms with E-state index in [1.54, 1.807) is 0 Å². The summed E-state index contributed by atoms with van der Waals surface area (Å²) in [5.41, 5.74) is 5.43. The molecule has 0 fully saturated rings. The zero-order valence-corrected chi connectivity index (χ0v) is 9.00. The van der Waals surface area contributed by atoms with Gasteiger partial charge >= 0.3 is 5.97 Å². The van der Waals surface area contributed by atoms with Gasteiger partial charge in [-0.05, 0) is 25.8 Å². The van der Waals surface area contributed by atoms with Crippen molar-refractivity contribution < 1.29 is 9.53 Å². The average molecular weight is 199 g/mol. The number of rotatable bonds is 8. The van der Waals surface area contributed by atoms with Crippen LogP contribution < -0.4 is 5.73 Å². The summed E-state index contributed by atoms with van der Waals surface area (Å²) in [6.45, 7) is 6.07. The van der Waals surface area contributed by atoms with Crippen molar-refractivity contribution in [3.8, 4) is 0 Å². The Kier molecular flexibility index (Phi) is 8.24. The topological polar surface area (TPSA) is 52.3 Å². The number of nitrogens with two attached hydrogens (primary N) is 1. The molecule has 0 rings (SSSR count). The Morgan fingerprint density at radius 3 is 2.71 bits per heavy atom. The van der Waals surface area contributed by atoms with Crippen LogP contribution in [0, 0.1) is 0 Å². The van der Waals surface area contributed by atoms with Crippen LogP contribution in [0.3, 0.4) is 0 Å². The first-order valence-corrected chi connectivity index (χ1v) is 5.27. The zero-order valence-electron chi connectivity index (χ0n) is 9.00. The van der Waals surface area contributed by atoms with E-state index in [4.69, 9.17) is 10.5 Å². The molecule has 14 heavy (non-hydrogen) atoms. The monoisotopic (exact) mass is 199 g/mol. The number of hydrogen-bond acceptors (Lipinski definition) is 3. The lowest BCUT2D eigenvalue weighted by Crippen LogP contribution is -2.20. The Bertz CT molecular complexity index is 169. The molecule has 0 radical (unpaired) electrons. The second-order valence-electron chi connectivity index (χ2n) is 3.34. The summed E-state index contributed by atoms with van der Waals surface area (Å²) in [6.07, 6.45) is 6.25. The summed E-state index contributed by atoms with van der Waals surface area (Å²) in [5.74, 6) is -0.347.